The van der Waals surface area contributed by atoms with Gasteiger partial charge in [0.15, 0.2) is 6.61 Å². The molecule has 184 valence electrons. The molecule has 9 heteroatoms. The Kier molecular flexibility index (Phi) is 9.74. The highest BCUT2D eigenvalue weighted by Crippen LogP contribution is 2.37. The molecule has 0 unspecified atom stereocenters. The Balaban J connectivity index is 1.79. The second-order valence-electron chi connectivity index (χ2n) is 7.75. The molecular formula is C26H27ClN2O6. The number of nitrogens with one attached hydrogen (secondary N) is 1. The summed E-state index contributed by atoms with van der Waals surface area (Å²) in [5.41, 5.74) is 1.27. The van der Waals surface area contributed by atoms with E-state index in [-0.39, 0.29) is 47.4 Å². The highest BCUT2D eigenvalue weighted by molar-refractivity contribution is 6.33. The van der Waals surface area contributed by atoms with Crippen molar-refractivity contribution in [1.82, 2.24) is 5.32 Å². The smallest absolute Gasteiger partial charge is 0.342 e. The van der Waals surface area contributed by atoms with E-state index in [0.29, 0.717) is 18.7 Å². The highest BCUT2D eigenvalue weighted by Gasteiger charge is 2.24. The first-order chi connectivity index (χ1) is 17.0. The van der Waals surface area contributed by atoms with Crippen molar-refractivity contribution in [1.29, 1.82) is 0 Å². The maximum atomic E-state index is 12.7. The number of hydrogen-bond donors (Lipinski definition) is 3. The van der Waals surface area contributed by atoms with Crippen LogP contribution in [0.15, 0.2) is 65.9 Å². The van der Waals surface area contributed by atoms with Crippen molar-refractivity contribution in [2.75, 3.05) is 13.2 Å². The lowest BCUT2D eigenvalue weighted by Crippen LogP contribution is -2.26. The third-order valence-electron chi connectivity index (χ3n) is 5.09. The topological polar surface area (TPSA) is 117 Å². The Morgan fingerprint density at radius 1 is 1.09 bits per heavy atom. The van der Waals surface area contributed by atoms with Crippen molar-refractivity contribution >= 4 is 29.2 Å². The van der Waals surface area contributed by atoms with Gasteiger partial charge in [0.25, 0.3) is 5.91 Å². The molecule has 0 saturated carbocycles. The first kappa shape index (κ1) is 25.8. The molecule has 1 amide bonds. The van der Waals surface area contributed by atoms with E-state index < -0.39 is 11.7 Å². The molecule has 1 heterocycles. The van der Waals surface area contributed by atoms with E-state index in [4.69, 9.17) is 21.2 Å². The van der Waals surface area contributed by atoms with Crippen molar-refractivity contribution < 1.29 is 29.4 Å². The van der Waals surface area contributed by atoms with Gasteiger partial charge in [-0.15, -0.1) is 0 Å². The van der Waals surface area contributed by atoms with Gasteiger partial charge in [-0.2, -0.15) is 0 Å². The fraction of sp³-hybridized carbons (Fsp3) is 0.269. The van der Waals surface area contributed by atoms with Crippen LogP contribution in [0, 0.1) is 0 Å². The van der Waals surface area contributed by atoms with Gasteiger partial charge in [-0.3, -0.25) is 4.79 Å². The van der Waals surface area contributed by atoms with E-state index in [1.165, 1.54) is 0 Å². The molecule has 0 saturated heterocycles. The molecule has 0 atom stereocenters. The number of nitrogens with zero attached hydrogens (tertiary/aromatic N) is 1. The third kappa shape index (κ3) is 7.89. The van der Waals surface area contributed by atoms with Gasteiger partial charge >= 0.3 is 5.97 Å². The Bertz CT molecular complexity index is 1130. The first-order valence-electron chi connectivity index (χ1n) is 11.2. The minimum atomic E-state index is -0.769. The summed E-state index contributed by atoms with van der Waals surface area (Å²) < 4.78 is 5.27. The fourth-order valence-corrected chi connectivity index (χ4v) is 3.56. The quantitative estimate of drug-likeness (QED) is 0.319. The molecule has 3 rings (SSSR count). The summed E-state index contributed by atoms with van der Waals surface area (Å²) in [7, 11) is 0. The number of oxime groups is 1. The predicted molar refractivity (Wildman–Crippen MR) is 133 cm³/mol. The number of phenols is 2. The number of fused-ring (bicyclic) bond motifs is 1. The van der Waals surface area contributed by atoms with Crippen LogP contribution >= 0.6 is 11.6 Å². The van der Waals surface area contributed by atoms with Gasteiger partial charge in [-0.1, -0.05) is 65.3 Å². The lowest BCUT2D eigenvalue weighted by molar-refractivity contribution is -0.125. The number of rotatable bonds is 5. The first-order valence-corrected chi connectivity index (χ1v) is 11.5. The Morgan fingerprint density at radius 3 is 2.63 bits per heavy atom. The van der Waals surface area contributed by atoms with Crippen molar-refractivity contribution in [3.63, 3.8) is 0 Å². The number of cyclic esters (lactones) is 1. The minimum Gasteiger partial charge on any atom is -0.507 e. The summed E-state index contributed by atoms with van der Waals surface area (Å²) >= 11 is 6.28. The average molecular weight is 499 g/mol. The molecule has 8 nitrogen and oxygen atoms in total. The Labute approximate surface area is 208 Å². The number of hydrogen-bond acceptors (Lipinski definition) is 7. The second-order valence-corrected chi connectivity index (χ2v) is 8.13. The fourth-order valence-electron chi connectivity index (χ4n) is 3.34. The molecule has 35 heavy (non-hydrogen) atoms. The maximum Gasteiger partial charge on any atom is 0.342 e. The van der Waals surface area contributed by atoms with Crippen LogP contribution in [-0.4, -0.2) is 41.0 Å². The van der Waals surface area contributed by atoms with Crippen molar-refractivity contribution in [3.8, 4) is 11.5 Å². The number of carbonyl (C=O) groups is 2. The van der Waals surface area contributed by atoms with Crippen LogP contribution in [0.4, 0.5) is 0 Å². The zero-order valence-electron chi connectivity index (χ0n) is 19.1. The van der Waals surface area contributed by atoms with Crippen molar-refractivity contribution in [2.24, 2.45) is 5.16 Å². The van der Waals surface area contributed by atoms with Gasteiger partial charge in [0.2, 0.25) is 0 Å². The number of phenolic OH excluding ortho intramolecular Hbond substituents is 2. The molecule has 1 aliphatic heterocycles. The number of benzene rings is 2. The average Bonchev–Trinajstić information content (AvgIpc) is 2.84. The number of esters is 1. The molecular weight excluding hydrogens is 472 g/mol. The lowest BCUT2D eigenvalue weighted by Gasteiger charge is -2.14. The van der Waals surface area contributed by atoms with Crippen LogP contribution in [0.5, 0.6) is 11.5 Å². The minimum absolute atomic E-state index is 0.0524. The molecule has 0 fully saturated rings. The van der Waals surface area contributed by atoms with Crippen LogP contribution in [0.3, 0.4) is 0 Å². The zero-order chi connectivity index (χ0) is 25.0. The molecule has 2 aromatic carbocycles. The molecule has 0 bridgehead atoms. The zero-order valence-corrected chi connectivity index (χ0v) is 19.8. The maximum absolute atomic E-state index is 12.7. The van der Waals surface area contributed by atoms with Gasteiger partial charge in [-0.05, 0) is 36.5 Å². The normalized spacial score (nSPS) is 15.7. The van der Waals surface area contributed by atoms with Gasteiger partial charge < -0.3 is 25.1 Å². The molecule has 0 aromatic heterocycles. The summed E-state index contributed by atoms with van der Waals surface area (Å²) in [5.74, 6) is -1.97. The summed E-state index contributed by atoms with van der Waals surface area (Å²) in [5, 5.41) is 27.1. The Hall–Kier alpha value is -3.78. The largest absolute Gasteiger partial charge is 0.507 e. The Morgan fingerprint density at radius 2 is 1.83 bits per heavy atom. The summed E-state index contributed by atoms with van der Waals surface area (Å²) in [6.07, 6.45) is 9.43. The monoisotopic (exact) mass is 498 g/mol. The van der Waals surface area contributed by atoms with Crippen LogP contribution in [-0.2, 0) is 27.3 Å². The van der Waals surface area contributed by atoms with Crippen molar-refractivity contribution in [2.45, 2.75) is 32.2 Å². The number of allylic oxidation sites excluding steroid dienone is 3. The van der Waals surface area contributed by atoms with Crippen LogP contribution in [0.25, 0.3) is 0 Å². The molecule has 3 N–H and O–H groups in total. The summed E-state index contributed by atoms with van der Waals surface area (Å²) in [4.78, 5) is 30.1. The number of aromatic hydroxyl groups is 2. The molecule has 1 aliphatic rings. The van der Waals surface area contributed by atoms with E-state index in [1.54, 1.807) is 6.08 Å². The summed E-state index contributed by atoms with van der Waals surface area (Å²) in [6.45, 7) is 0.169. The number of carbonyl (C=O) groups excluding carboxylic acids is 2. The van der Waals surface area contributed by atoms with Gasteiger partial charge in [-0.25, -0.2) is 4.79 Å². The van der Waals surface area contributed by atoms with E-state index in [1.807, 2.05) is 48.6 Å². The number of halogens is 1. The van der Waals surface area contributed by atoms with E-state index in [2.05, 4.69) is 10.5 Å². The third-order valence-corrected chi connectivity index (χ3v) is 5.51. The molecule has 0 spiro atoms. The van der Waals surface area contributed by atoms with E-state index in [0.717, 1.165) is 24.5 Å². The number of amides is 1. The van der Waals surface area contributed by atoms with Crippen molar-refractivity contribution in [3.05, 3.63) is 82.4 Å². The second kappa shape index (κ2) is 13.2. The standard InChI is InChI=1S/C26H27ClN2O6/c27-25-20-14-19(29-35-17-23(32)28-16-18-10-6-5-7-11-18)12-8-3-1-2-4-9-13-34-26(33)24(20)21(30)15-22(25)31/h2,4-8,10-12,15,30-31H,1,3,9,13-14,16-17H2,(H,28,32). The van der Waals surface area contributed by atoms with Crippen LogP contribution < -0.4 is 5.32 Å². The molecule has 2 aromatic rings. The van der Waals surface area contributed by atoms with E-state index in [9.17, 15) is 19.8 Å². The van der Waals surface area contributed by atoms with Gasteiger partial charge in [0.1, 0.15) is 17.1 Å². The van der Waals surface area contributed by atoms with E-state index >= 15 is 0 Å². The molecule has 0 aliphatic carbocycles. The lowest BCUT2D eigenvalue weighted by atomic mass is 9.99. The number of ether oxygens (including phenoxy) is 1. The van der Waals surface area contributed by atoms with Crippen LogP contribution in [0.1, 0.15) is 40.7 Å². The SMILES string of the molecule is O=C(CON=C1C=CCCC=CCCOC(=O)c2c(O)cc(O)c(Cl)c2C1)NCc1ccccc1. The van der Waals surface area contributed by atoms with Gasteiger partial charge in [0, 0.05) is 19.0 Å². The summed E-state index contributed by atoms with van der Waals surface area (Å²) in [6, 6.07) is 10.4. The van der Waals surface area contributed by atoms with Gasteiger partial charge in [0.05, 0.1) is 17.3 Å². The molecule has 0 radical (unpaired) electrons. The predicted octanol–water partition coefficient (Wildman–Crippen LogP) is 4.44. The van der Waals surface area contributed by atoms with Crippen LogP contribution in [0.2, 0.25) is 5.02 Å². The highest BCUT2D eigenvalue weighted by atomic mass is 35.5.